The van der Waals surface area contributed by atoms with Crippen molar-refractivity contribution < 1.29 is 0 Å². The summed E-state index contributed by atoms with van der Waals surface area (Å²) in [6.45, 7) is 0. The Morgan fingerprint density at radius 2 is 0.645 bits per heavy atom. The first-order valence-corrected chi connectivity index (χ1v) is 21.1. The summed E-state index contributed by atoms with van der Waals surface area (Å²) in [6.07, 6.45) is 0. The quantitative estimate of drug-likeness (QED) is 0.143. The molecule has 11 aromatic rings. The van der Waals surface area contributed by atoms with Crippen LogP contribution in [0.25, 0.3) is 111 Å². The molecule has 0 amide bonds. The van der Waals surface area contributed by atoms with E-state index >= 15 is 0 Å². The van der Waals surface area contributed by atoms with Gasteiger partial charge in [-0.15, -0.1) is 0 Å². The minimum atomic E-state index is 0.937. The highest BCUT2D eigenvalue weighted by atomic mass is 14.7. The zero-order valence-electron chi connectivity index (χ0n) is 34.0. The fourth-order valence-electron chi connectivity index (χ4n) is 8.67. The first-order valence-electron chi connectivity index (χ1n) is 21.1. The van der Waals surface area contributed by atoms with Crippen LogP contribution in [0.2, 0.25) is 0 Å². The van der Waals surface area contributed by atoms with Gasteiger partial charge in [0, 0.05) is 22.1 Å². The second-order valence-electron chi connectivity index (χ2n) is 15.8. The van der Waals surface area contributed by atoms with Gasteiger partial charge < -0.3 is 0 Å². The summed E-state index contributed by atoms with van der Waals surface area (Å²) < 4.78 is 0. The number of hydrogen-bond acceptors (Lipinski definition) is 2. The molecule has 62 heavy (non-hydrogen) atoms. The summed E-state index contributed by atoms with van der Waals surface area (Å²) in [5, 5.41) is 3.55. The van der Waals surface area contributed by atoms with Gasteiger partial charge in [0.15, 0.2) is 0 Å². The van der Waals surface area contributed by atoms with Crippen molar-refractivity contribution in [1.29, 1.82) is 0 Å². The van der Waals surface area contributed by atoms with Crippen LogP contribution in [0.1, 0.15) is 0 Å². The van der Waals surface area contributed by atoms with Crippen molar-refractivity contribution in [3.05, 3.63) is 243 Å². The Morgan fingerprint density at radius 1 is 0.226 bits per heavy atom. The molecule has 11 rings (SSSR count). The van der Waals surface area contributed by atoms with E-state index in [2.05, 4.69) is 237 Å². The molecule has 2 nitrogen and oxygen atoms in total. The lowest BCUT2D eigenvalue weighted by atomic mass is 9.92. The van der Waals surface area contributed by atoms with E-state index in [1.54, 1.807) is 0 Å². The fourth-order valence-corrected chi connectivity index (χ4v) is 8.67. The fraction of sp³-hybridized carbons (Fsp3) is 0. The van der Waals surface area contributed by atoms with E-state index in [1.165, 1.54) is 55.1 Å². The van der Waals surface area contributed by atoms with E-state index in [9.17, 15) is 0 Å². The third-order valence-corrected chi connectivity index (χ3v) is 11.9. The standard InChI is InChI=1S/C60H40N2/c1-5-15-41(16-6-1)47-23-13-25-51(36-47)57-38-53(39-58(62-57)52-26-14-24-48(37-52)42-17-7-2-8-18-42)44-29-27-43(28-30-44)49-31-33-54-50(35-49)32-34-56-60(54)55(45-19-9-3-10-20-45)40-59(61-56)46-21-11-4-12-22-46/h1-40H. The molecular weight excluding hydrogens is 749 g/mol. The maximum absolute atomic E-state index is 5.33. The first-order chi connectivity index (χ1) is 30.7. The van der Waals surface area contributed by atoms with Crippen LogP contribution in [-0.4, -0.2) is 9.97 Å². The molecule has 0 unspecified atom stereocenters. The van der Waals surface area contributed by atoms with Gasteiger partial charge in [0.25, 0.3) is 0 Å². The van der Waals surface area contributed by atoms with Crippen LogP contribution in [0.4, 0.5) is 0 Å². The molecule has 0 aliphatic carbocycles. The zero-order chi connectivity index (χ0) is 41.2. The maximum atomic E-state index is 5.33. The number of benzene rings is 9. The van der Waals surface area contributed by atoms with Gasteiger partial charge in [-0.2, -0.15) is 0 Å². The lowest BCUT2D eigenvalue weighted by Crippen LogP contribution is -1.92. The molecule has 9 aromatic carbocycles. The Morgan fingerprint density at radius 3 is 1.21 bits per heavy atom. The molecule has 0 spiro atoms. The molecule has 0 N–H and O–H groups in total. The molecule has 2 heterocycles. The largest absolute Gasteiger partial charge is 0.248 e. The van der Waals surface area contributed by atoms with Crippen LogP contribution in [0, 0.1) is 0 Å². The third kappa shape index (κ3) is 7.25. The van der Waals surface area contributed by atoms with E-state index in [4.69, 9.17) is 9.97 Å². The highest BCUT2D eigenvalue weighted by Gasteiger charge is 2.15. The van der Waals surface area contributed by atoms with Crippen molar-refractivity contribution in [3.63, 3.8) is 0 Å². The molecule has 0 atom stereocenters. The molecule has 0 bridgehead atoms. The number of fused-ring (bicyclic) bond motifs is 3. The van der Waals surface area contributed by atoms with E-state index in [0.29, 0.717) is 0 Å². The van der Waals surface area contributed by atoms with Crippen molar-refractivity contribution in [2.24, 2.45) is 0 Å². The van der Waals surface area contributed by atoms with Crippen LogP contribution in [-0.2, 0) is 0 Å². The average molecular weight is 789 g/mol. The predicted octanol–water partition coefficient (Wildman–Crippen LogP) is 16.1. The molecule has 290 valence electrons. The Hall–Kier alpha value is -8.20. The lowest BCUT2D eigenvalue weighted by Gasteiger charge is -2.14. The minimum Gasteiger partial charge on any atom is -0.248 e. The van der Waals surface area contributed by atoms with Gasteiger partial charge in [-0.3, -0.25) is 0 Å². The smallest absolute Gasteiger partial charge is 0.0722 e. The van der Waals surface area contributed by atoms with Crippen molar-refractivity contribution in [3.8, 4) is 89.4 Å². The zero-order valence-corrected chi connectivity index (χ0v) is 34.0. The SMILES string of the molecule is c1ccc(-c2cccc(-c3cc(-c4ccc(-c5ccc6c(ccc7nc(-c8ccccc8)cc(-c8ccccc8)c76)c5)cc4)cc(-c4cccc(-c5ccccc5)c4)n3)c2)cc1. The second kappa shape index (κ2) is 16.1. The van der Waals surface area contributed by atoms with E-state index in [-0.39, 0.29) is 0 Å². The highest BCUT2D eigenvalue weighted by Crippen LogP contribution is 2.39. The van der Waals surface area contributed by atoms with E-state index < -0.39 is 0 Å². The molecule has 0 saturated heterocycles. The molecule has 0 saturated carbocycles. The van der Waals surface area contributed by atoms with Gasteiger partial charge in [-0.25, -0.2) is 9.97 Å². The minimum absolute atomic E-state index is 0.937. The molecule has 2 heteroatoms. The van der Waals surface area contributed by atoms with Crippen molar-refractivity contribution in [2.75, 3.05) is 0 Å². The summed E-state index contributed by atoms with van der Waals surface area (Å²) in [5.74, 6) is 0. The molecule has 0 fully saturated rings. The average Bonchev–Trinajstić information content (AvgIpc) is 3.37. The van der Waals surface area contributed by atoms with Crippen molar-refractivity contribution in [1.82, 2.24) is 9.97 Å². The van der Waals surface area contributed by atoms with Crippen LogP contribution in [0.15, 0.2) is 243 Å². The first kappa shape index (κ1) is 36.8. The van der Waals surface area contributed by atoms with Crippen molar-refractivity contribution in [2.45, 2.75) is 0 Å². The van der Waals surface area contributed by atoms with Crippen LogP contribution < -0.4 is 0 Å². The number of nitrogens with zero attached hydrogens (tertiary/aromatic N) is 2. The number of rotatable bonds is 8. The van der Waals surface area contributed by atoms with Gasteiger partial charge in [0.1, 0.15) is 0 Å². The number of hydrogen-bond donors (Lipinski definition) is 0. The van der Waals surface area contributed by atoms with Gasteiger partial charge in [0.05, 0.1) is 22.6 Å². The van der Waals surface area contributed by atoms with Gasteiger partial charge in [-0.1, -0.05) is 200 Å². The van der Waals surface area contributed by atoms with Gasteiger partial charge in [-0.05, 0) is 109 Å². The second-order valence-corrected chi connectivity index (χ2v) is 15.8. The number of aromatic nitrogens is 2. The van der Waals surface area contributed by atoms with Gasteiger partial charge in [0.2, 0.25) is 0 Å². The third-order valence-electron chi connectivity index (χ3n) is 11.9. The summed E-state index contributed by atoms with van der Waals surface area (Å²) >= 11 is 0. The Balaban J connectivity index is 0.984. The van der Waals surface area contributed by atoms with Gasteiger partial charge >= 0.3 is 0 Å². The van der Waals surface area contributed by atoms with Crippen LogP contribution >= 0.6 is 0 Å². The Kier molecular flexibility index (Phi) is 9.57. The topological polar surface area (TPSA) is 25.8 Å². The predicted molar refractivity (Wildman–Crippen MR) is 261 cm³/mol. The maximum Gasteiger partial charge on any atom is 0.0722 e. The molecule has 0 aliphatic heterocycles. The van der Waals surface area contributed by atoms with Crippen LogP contribution in [0.3, 0.4) is 0 Å². The molecular formula is C60H40N2. The lowest BCUT2D eigenvalue weighted by molar-refractivity contribution is 1.32. The van der Waals surface area contributed by atoms with E-state index in [1.807, 2.05) is 6.07 Å². The highest BCUT2D eigenvalue weighted by molar-refractivity contribution is 6.14. The Bertz CT molecular complexity index is 3260. The molecule has 0 aliphatic rings. The summed E-state index contributed by atoms with van der Waals surface area (Å²) in [4.78, 5) is 10.5. The normalized spacial score (nSPS) is 11.2. The summed E-state index contributed by atoms with van der Waals surface area (Å²) in [5.41, 5.74) is 18.8. The van der Waals surface area contributed by atoms with Crippen molar-refractivity contribution >= 4 is 21.7 Å². The monoisotopic (exact) mass is 788 g/mol. The molecule has 0 radical (unpaired) electrons. The Labute approximate surface area is 362 Å². The molecule has 2 aromatic heterocycles. The van der Waals surface area contributed by atoms with Crippen LogP contribution in [0.5, 0.6) is 0 Å². The van der Waals surface area contributed by atoms with E-state index in [0.717, 1.165) is 56.0 Å². The summed E-state index contributed by atoms with van der Waals surface area (Å²) in [7, 11) is 0. The number of pyridine rings is 2. The summed E-state index contributed by atoms with van der Waals surface area (Å²) in [6, 6.07) is 86.5.